The number of rotatable bonds is 4. The third kappa shape index (κ3) is 7.57. The molecule has 1 fully saturated rings. The first-order chi connectivity index (χ1) is 16.5. The Labute approximate surface area is 207 Å². The first kappa shape index (κ1) is 29.7. The summed E-state index contributed by atoms with van der Waals surface area (Å²) < 4.78 is 44.2. The molecule has 0 aliphatic carbocycles. The average Bonchev–Trinajstić information content (AvgIpc) is 3.55. The summed E-state index contributed by atoms with van der Waals surface area (Å²) in [7, 11) is 1.41. The molecule has 1 aromatic heterocycles. The van der Waals surface area contributed by atoms with E-state index in [4.69, 9.17) is 4.74 Å². The lowest BCUT2D eigenvalue weighted by atomic mass is 10.1. The number of thiazole rings is 1. The summed E-state index contributed by atoms with van der Waals surface area (Å²) in [4.78, 5) is 23.0. The molecular weight excluding hydrogens is 485 g/mol. The number of aliphatic imine (C=N–C) groups is 1. The number of nitrogens with one attached hydrogen (secondary N) is 1. The van der Waals surface area contributed by atoms with Crippen molar-refractivity contribution in [3.05, 3.63) is 63.5 Å². The topological polar surface area (TPSA) is 66.8 Å². The normalized spacial score (nSPS) is 16.1. The minimum Gasteiger partial charge on any atom is -0.466 e. The van der Waals surface area contributed by atoms with Crippen LogP contribution in [0.1, 0.15) is 39.1 Å². The quantitative estimate of drug-likeness (QED) is 0.332. The van der Waals surface area contributed by atoms with Crippen molar-refractivity contribution >= 4 is 35.1 Å². The van der Waals surface area contributed by atoms with E-state index >= 15 is 0 Å². The maximum absolute atomic E-state index is 12.0. The highest BCUT2D eigenvalue weighted by molar-refractivity contribution is 7.96. The van der Waals surface area contributed by atoms with Crippen LogP contribution in [-0.4, -0.2) is 54.2 Å². The average molecular weight is 517 g/mol. The second kappa shape index (κ2) is 15.5. The second-order valence-electron chi connectivity index (χ2n) is 6.26. The van der Waals surface area contributed by atoms with Crippen LogP contribution in [0.5, 0.6) is 0 Å². The number of nitrogens with zero attached hydrogens (tertiary/aromatic N) is 3. The van der Waals surface area contributed by atoms with Crippen LogP contribution < -0.4 is 4.72 Å². The molecule has 6 nitrogen and oxygen atoms in total. The number of fused-ring (bicyclic) bond motifs is 1. The van der Waals surface area contributed by atoms with Gasteiger partial charge in [0.2, 0.25) is 0 Å². The predicted molar refractivity (Wildman–Crippen MR) is 133 cm³/mol. The Morgan fingerprint density at radius 1 is 1.21 bits per heavy atom. The molecule has 0 spiro atoms. The molecule has 0 radical (unpaired) electrons. The van der Waals surface area contributed by atoms with Gasteiger partial charge in [0, 0.05) is 36.3 Å². The molecule has 1 unspecified atom stereocenters. The number of esters is 1. The lowest BCUT2D eigenvalue weighted by molar-refractivity contribution is -0.136. The molecule has 188 valence electrons. The van der Waals surface area contributed by atoms with Crippen LogP contribution >= 0.6 is 23.3 Å². The standard InChI is InChI=1S/C13H16N4O2S2.C6H3F3.2C2H6/c1-19-13(18)9-6-15-11(12-14-3-4-21-12)17-7-8(16-20-2)5-10(9)17;7-4-2-1-3-5(8)6(4)9;2*1-2/h3-4,8,16H,5-7H2,1-2H3;1-3H;2*1-2H3. The van der Waals surface area contributed by atoms with Gasteiger partial charge in [-0.05, 0) is 18.4 Å². The van der Waals surface area contributed by atoms with Crippen LogP contribution in [-0.2, 0) is 9.53 Å². The molecule has 2 aliphatic rings. The molecule has 34 heavy (non-hydrogen) atoms. The smallest absolute Gasteiger partial charge is 0.337 e. The Hall–Kier alpha value is -2.37. The fraction of sp³-hybridized carbons (Fsp3) is 0.435. The van der Waals surface area contributed by atoms with E-state index in [-0.39, 0.29) is 12.0 Å². The van der Waals surface area contributed by atoms with Crippen LogP contribution in [0.15, 0.2) is 46.0 Å². The molecule has 2 aromatic rings. The summed E-state index contributed by atoms with van der Waals surface area (Å²) in [6.07, 6.45) is 4.58. The highest BCUT2D eigenvalue weighted by atomic mass is 32.2. The Bertz CT molecular complexity index is 949. The molecule has 1 saturated heterocycles. The lowest BCUT2D eigenvalue weighted by Crippen LogP contribution is -2.36. The molecule has 0 saturated carbocycles. The summed E-state index contributed by atoms with van der Waals surface area (Å²) in [6.45, 7) is 9.15. The first-order valence-corrected chi connectivity index (χ1v) is 13.0. The van der Waals surface area contributed by atoms with Crippen molar-refractivity contribution in [2.45, 2.75) is 40.2 Å². The molecule has 11 heteroatoms. The molecule has 1 atom stereocenters. The van der Waals surface area contributed by atoms with Crippen LogP contribution in [0.2, 0.25) is 0 Å². The number of methoxy groups -OCH3 is 1. The van der Waals surface area contributed by atoms with Crippen molar-refractivity contribution < 1.29 is 22.7 Å². The monoisotopic (exact) mass is 516 g/mol. The van der Waals surface area contributed by atoms with E-state index < -0.39 is 17.5 Å². The number of carbonyl (C=O) groups is 1. The Morgan fingerprint density at radius 2 is 1.85 bits per heavy atom. The number of carbonyl (C=O) groups excluding carboxylic acids is 1. The maximum atomic E-state index is 12.0. The summed E-state index contributed by atoms with van der Waals surface area (Å²) in [5.74, 6) is -3.16. The van der Waals surface area contributed by atoms with Gasteiger partial charge >= 0.3 is 5.97 Å². The molecule has 0 bridgehead atoms. The van der Waals surface area contributed by atoms with Gasteiger partial charge in [-0.2, -0.15) is 0 Å². The van der Waals surface area contributed by atoms with E-state index in [1.165, 1.54) is 7.11 Å². The number of halogens is 3. The highest BCUT2D eigenvalue weighted by Crippen LogP contribution is 2.32. The molecule has 1 aromatic carbocycles. The van der Waals surface area contributed by atoms with Crippen molar-refractivity contribution in [2.75, 3.05) is 26.5 Å². The van der Waals surface area contributed by atoms with Gasteiger partial charge in [-0.15, -0.1) is 11.3 Å². The fourth-order valence-electron chi connectivity index (χ4n) is 3.12. The molecule has 2 aliphatic heterocycles. The summed E-state index contributed by atoms with van der Waals surface area (Å²) in [5.41, 5.74) is 1.66. The molecule has 0 amide bonds. The lowest BCUT2D eigenvalue weighted by Gasteiger charge is -2.26. The van der Waals surface area contributed by atoms with Gasteiger partial charge < -0.3 is 9.64 Å². The largest absolute Gasteiger partial charge is 0.466 e. The number of ether oxygens (including phenoxy) is 1. The third-order valence-corrected chi connectivity index (χ3v) is 5.74. The van der Waals surface area contributed by atoms with Gasteiger partial charge in [0.1, 0.15) is 0 Å². The van der Waals surface area contributed by atoms with Crippen LogP contribution in [0.3, 0.4) is 0 Å². The van der Waals surface area contributed by atoms with Crippen molar-refractivity contribution in [1.29, 1.82) is 0 Å². The minimum absolute atomic E-state index is 0.290. The maximum Gasteiger partial charge on any atom is 0.337 e. The van der Waals surface area contributed by atoms with Gasteiger partial charge in [-0.25, -0.2) is 22.9 Å². The number of benzene rings is 1. The molecular formula is C23H31F3N4O2S2. The van der Waals surface area contributed by atoms with E-state index in [0.717, 1.165) is 47.7 Å². The summed E-state index contributed by atoms with van der Waals surface area (Å²) in [5, 5.41) is 2.83. The van der Waals surface area contributed by atoms with E-state index in [2.05, 4.69) is 19.6 Å². The van der Waals surface area contributed by atoms with Crippen LogP contribution in [0.25, 0.3) is 0 Å². The number of amidine groups is 1. The van der Waals surface area contributed by atoms with Crippen molar-refractivity contribution in [2.24, 2.45) is 4.99 Å². The molecule has 4 rings (SSSR count). The number of hydrogen-bond donors (Lipinski definition) is 1. The minimum atomic E-state index is -1.42. The summed E-state index contributed by atoms with van der Waals surface area (Å²) in [6, 6.07) is 3.11. The van der Waals surface area contributed by atoms with Gasteiger partial charge in [-0.3, -0.25) is 9.71 Å². The van der Waals surface area contributed by atoms with E-state index in [0.29, 0.717) is 12.1 Å². The third-order valence-electron chi connectivity index (χ3n) is 4.40. The van der Waals surface area contributed by atoms with E-state index in [9.17, 15) is 18.0 Å². The van der Waals surface area contributed by atoms with E-state index in [1.54, 1.807) is 29.5 Å². The predicted octanol–water partition coefficient (Wildman–Crippen LogP) is 5.43. The van der Waals surface area contributed by atoms with Crippen molar-refractivity contribution in [3.8, 4) is 0 Å². The molecule has 1 N–H and O–H groups in total. The van der Waals surface area contributed by atoms with Crippen LogP contribution in [0, 0.1) is 17.5 Å². The Morgan fingerprint density at radius 3 is 2.35 bits per heavy atom. The zero-order chi connectivity index (χ0) is 25.7. The number of aromatic nitrogens is 1. The Kier molecular flexibility index (Phi) is 13.5. The van der Waals surface area contributed by atoms with Gasteiger partial charge in [0.15, 0.2) is 28.3 Å². The van der Waals surface area contributed by atoms with Gasteiger partial charge in [0.05, 0.1) is 19.2 Å². The van der Waals surface area contributed by atoms with Crippen molar-refractivity contribution in [1.82, 2.24) is 14.6 Å². The zero-order valence-corrected chi connectivity index (χ0v) is 21.8. The van der Waals surface area contributed by atoms with Crippen molar-refractivity contribution in [3.63, 3.8) is 0 Å². The Balaban J connectivity index is 0.000000373. The molecule has 3 heterocycles. The zero-order valence-electron chi connectivity index (χ0n) is 20.2. The van der Waals surface area contributed by atoms with E-state index in [1.807, 2.05) is 39.3 Å². The number of hydrogen-bond acceptors (Lipinski definition) is 8. The second-order valence-corrected chi connectivity index (χ2v) is 7.80. The van der Waals surface area contributed by atoms with Gasteiger partial charge in [0.25, 0.3) is 0 Å². The summed E-state index contributed by atoms with van der Waals surface area (Å²) >= 11 is 3.15. The van der Waals surface area contributed by atoms with Gasteiger partial charge in [-0.1, -0.05) is 45.7 Å². The highest BCUT2D eigenvalue weighted by Gasteiger charge is 2.37. The fourth-order valence-corrected chi connectivity index (χ4v) is 4.26. The van der Waals surface area contributed by atoms with Crippen LogP contribution in [0.4, 0.5) is 13.2 Å². The first-order valence-electron chi connectivity index (χ1n) is 10.9. The SMILES string of the molecule is CC.CC.COC(=O)C1=C2CC(NSC)CN2C(c2nccs2)=NC1.Fc1cccc(F)c1F.